The molecule has 0 saturated carbocycles. The lowest BCUT2D eigenvalue weighted by Gasteiger charge is -2.12. The molecular formula is C19H21NO4S. The molecule has 0 bridgehead atoms. The largest absolute Gasteiger partial charge is 0.465 e. The Labute approximate surface area is 151 Å². The highest BCUT2D eigenvalue weighted by atomic mass is 32.2. The Hall–Kier alpha value is -2.31. The van der Waals surface area contributed by atoms with Gasteiger partial charge in [-0.3, -0.25) is 4.79 Å². The van der Waals surface area contributed by atoms with E-state index in [1.165, 1.54) is 18.9 Å². The third-order valence-electron chi connectivity index (χ3n) is 3.63. The lowest BCUT2D eigenvalue weighted by molar-refractivity contribution is -0.113. The summed E-state index contributed by atoms with van der Waals surface area (Å²) in [4.78, 5) is 23.7. The molecule has 5 nitrogen and oxygen atoms in total. The fourth-order valence-electron chi connectivity index (χ4n) is 2.22. The summed E-state index contributed by atoms with van der Waals surface area (Å²) in [5.41, 5.74) is 2.65. The average molecular weight is 359 g/mol. The number of rotatable bonds is 7. The summed E-state index contributed by atoms with van der Waals surface area (Å²) in [6.07, 6.45) is -0.608. The van der Waals surface area contributed by atoms with Gasteiger partial charge in [-0.25, -0.2) is 4.79 Å². The minimum atomic E-state index is -0.608. The van der Waals surface area contributed by atoms with Gasteiger partial charge in [-0.15, -0.1) is 11.8 Å². The molecule has 0 fully saturated rings. The van der Waals surface area contributed by atoms with Crippen LogP contribution in [-0.2, 0) is 9.53 Å². The SMILES string of the molecule is COC(=O)c1ccc(C)c(NC(=O)CSCC(O)c2ccccc2)c1. The van der Waals surface area contributed by atoms with Gasteiger partial charge in [0.1, 0.15) is 0 Å². The number of carbonyl (C=O) groups is 2. The highest BCUT2D eigenvalue weighted by molar-refractivity contribution is 7.99. The first-order valence-corrected chi connectivity index (χ1v) is 8.96. The molecule has 1 atom stereocenters. The summed E-state index contributed by atoms with van der Waals surface area (Å²) in [6.45, 7) is 1.85. The number of benzene rings is 2. The Morgan fingerprint density at radius 3 is 2.60 bits per heavy atom. The maximum atomic E-state index is 12.1. The highest BCUT2D eigenvalue weighted by Gasteiger charge is 2.12. The number of hydrogen-bond acceptors (Lipinski definition) is 5. The number of nitrogens with one attached hydrogen (secondary N) is 1. The lowest BCUT2D eigenvalue weighted by Crippen LogP contribution is -2.16. The van der Waals surface area contributed by atoms with E-state index in [-0.39, 0.29) is 11.7 Å². The first kappa shape index (κ1) is 19.0. The van der Waals surface area contributed by atoms with Crippen LogP contribution in [0.15, 0.2) is 48.5 Å². The van der Waals surface area contributed by atoms with E-state index in [4.69, 9.17) is 0 Å². The van der Waals surface area contributed by atoms with Crippen molar-refractivity contribution >= 4 is 29.3 Å². The second-order valence-electron chi connectivity index (χ2n) is 5.51. The van der Waals surface area contributed by atoms with Crippen LogP contribution >= 0.6 is 11.8 Å². The zero-order valence-corrected chi connectivity index (χ0v) is 15.0. The van der Waals surface area contributed by atoms with Gasteiger partial charge < -0.3 is 15.2 Å². The number of aryl methyl sites for hydroxylation is 1. The van der Waals surface area contributed by atoms with Crippen molar-refractivity contribution in [3.8, 4) is 0 Å². The molecule has 1 unspecified atom stereocenters. The summed E-state index contributed by atoms with van der Waals surface area (Å²) in [7, 11) is 1.31. The first-order valence-electron chi connectivity index (χ1n) is 7.81. The van der Waals surface area contributed by atoms with Crippen molar-refractivity contribution in [3.63, 3.8) is 0 Å². The first-order chi connectivity index (χ1) is 12.0. The number of ether oxygens (including phenoxy) is 1. The molecule has 0 aliphatic rings. The monoisotopic (exact) mass is 359 g/mol. The van der Waals surface area contributed by atoms with Crippen molar-refractivity contribution in [1.29, 1.82) is 0 Å². The van der Waals surface area contributed by atoms with Gasteiger partial charge in [-0.1, -0.05) is 36.4 Å². The van der Waals surface area contributed by atoms with E-state index in [1.54, 1.807) is 18.2 Å². The molecule has 0 aliphatic heterocycles. The Bertz CT molecular complexity index is 733. The van der Waals surface area contributed by atoms with Crippen molar-refractivity contribution in [2.24, 2.45) is 0 Å². The van der Waals surface area contributed by atoms with Gasteiger partial charge in [0.05, 0.1) is 24.5 Å². The van der Waals surface area contributed by atoms with Crippen LogP contribution in [0.25, 0.3) is 0 Å². The van der Waals surface area contributed by atoms with Gasteiger partial charge in [-0.05, 0) is 30.2 Å². The van der Waals surface area contributed by atoms with E-state index < -0.39 is 12.1 Å². The number of thioether (sulfide) groups is 1. The zero-order valence-electron chi connectivity index (χ0n) is 14.2. The van der Waals surface area contributed by atoms with E-state index in [2.05, 4.69) is 10.1 Å². The van der Waals surface area contributed by atoms with Crippen molar-refractivity contribution in [2.75, 3.05) is 23.9 Å². The van der Waals surface area contributed by atoms with Crippen LogP contribution in [0, 0.1) is 6.92 Å². The van der Waals surface area contributed by atoms with Gasteiger partial charge in [-0.2, -0.15) is 0 Å². The second-order valence-corrected chi connectivity index (χ2v) is 6.54. The maximum Gasteiger partial charge on any atom is 0.337 e. The van der Waals surface area contributed by atoms with Gasteiger partial charge >= 0.3 is 5.97 Å². The van der Waals surface area contributed by atoms with Crippen LogP contribution in [0.1, 0.15) is 27.6 Å². The fourth-order valence-corrected chi connectivity index (χ4v) is 3.01. The Kier molecular flexibility index (Phi) is 7.03. The molecule has 0 aromatic heterocycles. The molecule has 0 aliphatic carbocycles. The molecule has 0 heterocycles. The van der Waals surface area contributed by atoms with E-state index in [1.807, 2.05) is 37.3 Å². The lowest BCUT2D eigenvalue weighted by atomic mass is 10.1. The van der Waals surface area contributed by atoms with Crippen molar-refractivity contribution in [3.05, 3.63) is 65.2 Å². The van der Waals surface area contributed by atoms with Crippen molar-refractivity contribution in [1.82, 2.24) is 0 Å². The number of esters is 1. The minimum absolute atomic E-state index is 0.185. The molecule has 0 saturated heterocycles. The predicted molar refractivity (Wildman–Crippen MR) is 99.9 cm³/mol. The van der Waals surface area contributed by atoms with Crippen LogP contribution in [0.3, 0.4) is 0 Å². The van der Waals surface area contributed by atoms with Gasteiger partial charge in [0, 0.05) is 11.4 Å². The molecule has 0 radical (unpaired) electrons. The average Bonchev–Trinajstić information content (AvgIpc) is 2.63. The highest BCUT2D eigenvalue weighted by Crippen LogP contribution is 2.20. The normalized spacial score (nSPS) is 11.6. The Balaban J connectivity index is 1.87. The number of carbonyl (C=O) groups excluding carboxylic acids is 2. The maximum absolute atomic E-state index is 12.1. The molecule has 25 heavy (non-hydrogen) atoms. The van der Waals surface area contributed by atoms with E-state index in [9.17, 15) is 14.7 Å². The van der Waals surface area contributed by atoms with Crippen molar-refractivity contribution < 1.29 is 19.4 Å². The number of aliphatic hydroxyl groups excluding tert-OH is 1. The van der Waals surface area contributed by atoms with E-state index in [0.29, 0.717) is 17.0 Å². The number of amides is 1. The quantitative estimate of drug-likeness (QED) is 0.743. The second kappa shape index (κ2) is 9.25. The number of anilines is 1. The predicted octanol–water partition coefficient (Wildman–Crippen LogP) is 3.19. The van der Waals surface area contributed by atoms with Crippen molar-refractivity contribution in [2.45, 2.75) is 13.0 Å². The van der Waals surface area contributed by atoms with Crippen LogP contribution in [0.2, 0.25) is 0 Å². The summed E-state index contributed by atoms with van der Waals surface area (Å²) in [6, 6.07) is 14.3. The molecular weight excluding hydrogens is 338 g/mol. The summed E-state index contributed by atoms with van der Waals surface area (Å²) in [5.74, 6) is 0.0101. The molecule has 6 heteroatoms. The molecule has 2 aromatic rings. The van der Waals surface area contributed by atoms with Gasteiger partial charge in [0.2, 0.25) is 5.91 Å². The van der Waals surface area contributed by atoms with Crippen LogP contribution in [0.5, 0.6) is 0 Å². The molecule has 2 N–H and O–H groups in total. The number of aliphatic hydroxyl groups is 1. The number of methoxy groups -OCH3 is 1. The molecule has 132 valence electrons. The van der Waals surface area contributed by atoms with Gasteiger partial charge in [0.25, 0.3) is 0 Å². The van der Waals surface area contributed by atoms with E-state index >= 15 is 0 Å². The number of hydrogen-bond donors (Lipinski definition) is 2. The Morgan fingerprint density at radius 2 is 1.92 bits per heavy atom. The molecule has 2 rings (SSSR count). The van der Waals surface area contributed by atoms with Crippen LogP contribution in [0.4, 0.5) is 5.69 Å². The smallest absolute Gasteiger partial charge is 0.337 e. The van der Waals surface area contributed by atoms with Crippen LogP contribution < -0.4 is 5.32 Å². The molecule has 0 spiro atoms. The van der Waals surface area contributed by atoms with Crippen LogP contribution in [-0.4, -0.2) is 35.6 Å². The zero-order chi connectivity index (χ0) is 18.2. The molecule has 1 amide bonds. The summed E-state index contributed by atoms with van der Waals surface area (Å²) in [5, 5.41) is 12.9. The third kappa shape index (κ3) is 5.62. The van der Waals surface area contributed by atoms with E-state index in [0.717, 1.165) is 11.1 Å². The summed E-state index contributed by atoms with van der Waals surface area (Å²) < 4.78 is 4.69. The minimum Gasteiger partial charge on any atom is -0.465 e. The Morgan fingerprint density at radius 1 is 1.20 bits per heavy atom. The molecule has 2 aromatic carbocycles. The standard InChI is InChI=1S/C19H21NO4S/c1-13-8-9-15(19(23)24-2)10-16(13)20-18(22)12-25-11-17(21)14-6-4-3-5-7-14/h3-10,17,21H,11-12H2,1-2H3,(H,20,22). The fraction of sp³-hybridized carbons (Fsp3) is 0.263. The topological polar surface area (TPSA) is 75.6 Å². The third-order valence-corrected chi connectivity index (χ3v) is 4.64. The summed E-state index contributed by atoms with van der Waals surface area (Å²) >= 11 is 1.35. The van der Waals surface area contributed by atoms with Gasteiger partial charge in [0.15, 0.2) is 0 Å².